The number of rotatable bonds is 11. The first-order valence-electron chi connectivity index (χ1n) is 11.5. The number of carbonyl (C=O) groups excluding carboxylic acids is 3. The molecule has 0 radical (unpaired) electrons. The molecule has 11 heteroatoms. The minimum atomic E-state index is -0.431. The van der Waals surface area contributed by atoms with Crippen molar-refractivity contribution in [1.82, 2.24) is 20.1 Å². The highest BCUT2D eigenvalue weighted by molar-refractivity contribution is 7.99. The van der Waals surface area contributed by atoms with Gasteiger partial charge in [0.25, 0.3) is 5.91 Å². The molecule has 36 heavy (non-hydrogen) atoms. The molecule has 1 aromatic heterocycles. The average Bonchev–Trinajstić information content (AvgIpc) is 3.29. The van der Waals surface area contributed by atoms with Crippen molar-refractivity contribution in [3.8, 4) is 0 Å². The minimum absolute atomic E-state index is 0.0863. The lowest BCUT2D eigenvalue weighted by Crippen LogP contribution is -2.29. The monoisotopic (exact) mass is 529 g/mol. The van der Waals surface area contributed by atoms with Gasteiger partial charge in [-0.15, -0.1) is 10.2 Å². The van der Waals surface area contributed by atoms with Gasteiger partial charge in [-0.3, -0.25) is 9.59 Å². The van der Waals surface area contributed by atoms with Crippen molar-refractivity contribution in [2.75, 3.05) is 17.7 Å². The van der Waals surface area contributed by atoms with Crippen LogP contribution in [0.5, 0.6) is 0 Å². The smallest absolute Gasteiger partial charge is 0.338 e. The van der Waals surface area contributed by atoms with E-state index in [9.17, 15) is 14.4 Å². The van der Waals surface area contributed by atoms with E-state index in [1.165, 1.54) is 11.8 Å². The fourth-order valence-electron chi connectivity index (χ4n) is 3.34. The zero-order valence-corrected chi connectivity index (χ0v) is 21.9. The molecule has 1 atom stereocenters. The Bertz CT molecular complexity index is 1230. The van der Waals surface area contributed by atoms with Crippen LogP contribution in [0.4, 0.5) is 5.69 Å². The van der Waals surface area contributed by atoms with Crippen molar-refractivity contribution >= 4 is 46.8 Å². The lowest BCUT2D eigenvalue weighted by Gasteiger charge is -2.15. The van der Waals surface area contributed by atoms with Crippen LogP contribution in [0.25, 0.3) is 0 Å². The van der Waals surface area contributed by atoms with Crippen molar-refractivity contribution in [1.29, 1.82) is 0 Å². The van der Waals surface area contributed by atoms with Gasteiger partial charge in [0.1, 0.15) is 0 Å². The summed E-state index contributed by atoms with van der Waals surface area (Å²) in [5.74, 6) is -0.344. The van der Waals surface area contributed by atoms with Gasteiger partial charge in [0.15, 0.2) is 11.0 Å². The highest BCUT2D eigenvalue weighted by atomic mass is 35.5. The standard InChI is InChI=1S/C25H28ClN5O4S/c1-4-13-35-24(34)17-9-8-10-18(14-17)28-21(32)15-36-25-30-29-22(31(25)5-2)16(3)27-23(33)19-11-6-7-12-20(19)26/h6-12,14,16H,4-5,13,15H2,1-3H3,(H,27,33)(H,28,32)/t16-/m1/s1. The van der Waals surface area contributed by atoms with E-state index < -0.39 is 12.0 Å². The molecule has 2 aromatic carbocycles. The summed E-state index contributed by atoms with van der Waals surface area (Å²) in [4.78, 5) is 37.2. The normalized spacial score (nSPS) is 11.6. The van der Waals surface area contributed by atoms with Gasteiger partial charge in [0.05, 0.1) is 34.6 Å². The zero-order valence-electron chi connectivity index (χ0n) is 20.3. The molecule has 0 aliphatic carbocycles. The first-order valence-corrected chi connectivity index (χ1v) is 12.9. The molecule has 0 unspecified atom stereocenters. The number of ether oxygens (including phenoxy) is 1. The minimum Gasteiger partial charge on any atom is -0.462 e. The predicted octanol–water partition coefficient (Wildman–Crippen LogP) is 4.74. The molecule has 0 aliphatic rings. The molecular formula is C25H28ClN5O4S. The summed E-state index contributed by atoms with van der Waals surface area (Å²) in [6.07, 6.45) is 0.732. The summed E-state index contributed by atoms with van der Waals surface area (Å²) in [6, 6.07) is 13.0. The third kappa shape index (κ3) is 7.08. The first-order chi connectivity index (χ1) is 17.3. The Morgan fingerprint density at radius 2 is 1.89 bits per heavy atom. The third-order valence-corrected chi connectivity index (χ3v) is 6.36. The summed E-state index contributed by atoms with van der Waals surface area (Å²) < 4.78 is 6.99. The number of aromatic nitrogens is 3. The van der Waals surface area contributed by atoms with Gasteiger partial charge in [-0.25, -0.2) is 4.79 Å². The van der Waals surface area contributed by atoms with E-state index in [0.29, 0.717) is 46.0 Å². The van der Waals surface area contributed by atoms with E-state index in [4.69, 9.17) is 16.3 Å². The Morgan fingerprint density at radius 3 is 2.61 bits per heavy atom. The van der Waals surface area contributed by atoms with Gasteiger partial charge >= 0.3 is 5.97 Å². The predicted molar refractivity (Wildman–Crippen MR) is 139 cm³/mol. The molecule has 0 aliphatic heterocycles. The molecule has 9 nitrogen and oxygen atoms in total. The Labute approximate surface area is 219 Å². The number of thioether (sulfide) groups is 1. The molecular weight excluding hydrogens is 502 g/mol. The van der Waals surface area contributed by atoms with Crippen LogP contribution in [0.3, 0.4) is 0 Å². The topological polar surface area (TPSA) is 115 Å². The van der Waals surface area contributed by atoms with Crippen LogP contribution < -0.4 is 10.6 Å². The fraction of sp³-hybridized carbons (Fsp3) is 0.320. The Hall–Kier alpha value is -3.37. The highest BCUT2D eigenvalue weighted by Crippen LogP contribution is 2.22. The largest absolute Gasteiger partial charge is 0.462 e. The summed E-state index contributed by atoms with van der Waals surface area (Å²) >= 11 is 7.35. The van der Waals surface area contributed by atoms with Crippen LogP contribution in [0.2, 0.25) is 5.02 Å². The summed E-state index contributed by atoms with van der Waals surface area (Å²) in [6.45, 7) is 6.56. The number of anilines is 1. The molecule has 0 fully saturated rings. The van der Waals surface area contributed by atoms with Gasteiger partial charge in [-0.2, -0.15) is 0 Å². The zero-order chi connectivity index (χ0) is 26.1. The van der Waals surface area contributed by atoms with Crippen molar-refractivity contribution in [2.24, 2.45) is 0 Å². The van der Waals surface area contributed by atoms with E-state index >= 15 is 0 Å². The molecule has 3 aromatic rings. The van der Waals surface area contributed by atoms with Gasteiger partial charge in [0.2, 0.25) is 5.91 Å². The van der Waals surface area contributed by atoms with Crippen molar-refractivity contribution < 1.29 is 19.1 Å². The quantitative estimate of drug-likeness (QED) is 0.272. The molecule has 2 N–H and O–H groups in total. The van der Waals surface area contributed by atoms with Crippen LogP contribution in [-0.2, 0) is 16.1 Å². The lowest BCUT2D eigenvalue weighted by molar-refractivity contribution is -0.113. The van der Waals surface area contributed by atoms with Gasteiger partial charge in [0, 0.05) is 12.2 Å². The number of nitrogens with zero attached hydrogens (tertiary/aromatic N) is 3. The van der Waals surface area contributed by atoms with E-state index in [-0.39, 0.29) is 17.6 Å². The summed E-state index contributed by atoms with van der Waals surface area (Å²) in [5.41, 5.74) is 1.25. The maximum Gasteiger partial charge on any atom is 0.338 e. The van der Waals surface area contributed by atoms with Gasteiger partial charge < -0.3 is 19.9 Å². The maximum atomic E-state index is 12.6. The molecule has 0 spiro atoms. The number of carbonyl (C=O) groups is 3. The number of nitrogens with one attached hydrogen (secondary N) is 2. The van der Waals surface area contributed by atoms with E-state index in [1.54, 1.807) is 48.5 Å². The number of amides is 2. The Kier molecular flexibility index (Phi) is 9.89. The molecule has 1 heterocycles. The molecule has 0 saturated carbocycles. The number of esters is 1. The second-order valence-corrected chi connectivity index (χ2v) is 9.16. The van der Waals surface area contributed by atoms with Crippen molar-refractivity contribution in [3.63, 3.8) is 0 Å². The molecule has 190 valence electrons. The highest BCUT2D eigenvalue weighted by Gasteiger charge is 2.21. The molecule has 0 bridgehead atoms. The van der Waals surface area contributed by atoms with Crippen molar-refractivity contribution in [3.05, 3.63) is 70.5 Å². The lowest BCUT2D eigenvalue weighted by atomic mass is 10.2. The van der Waals surface area contributed by atoms with Gasteiger partial charge in [-0.1, -0.05) is 48.5 Å². The van der Waals surface area contributed by atoms with Gasteiger partial charge in [-0.05, 0) is 50.6 Å². The van der Waals surface area contributed by atoms with E-state index in [1.807, 2.05) is 25.3 Å². The maximum absolute atomic E-state index is 12.6. The third-order valence-electron chi connectivity index (χ3n) is 5.07. The second kappa shape index (κ2) is 13.1. The number of halogens is 1. The number of hydrogen-bond donors (Lipinski definition) is 2. The van der Waals surface area contributed by atoms with Crippen LogP contribution in [-0.4, -0.2) is 44.9 Å². The van der Waals surface area contributed by atoms with Crippen LogP contribution >= 0.6 is 23.4 Å². The van der Waals surface area contributed by atoms with Crippen LogP contribution in [0, 0.1) is 0 Å². The van der Waals surface area contributed by atoms with E-state index in [0.717, 1.165) is 6.42 Å². The molecule has 2 amide bonds. The molecule has 3 rings (SSSR count). The number of hydrogen-bond acceptors (Lipinski definition) is 7. The Balaban J connectivity index is 1.60. The van der Waals surface area contributed by atoms with Crippen molar-refractivity contribution in [2.45, 2.75) is 44.9 Å². The summed E-state index contributed by atoms with van der Waals surface area (Å²) in [5, 5.41) is 15.0. The first kappa shape index (κ1) is 27.2. The number of benzene rings is 2. The van der Waals surface area contributed by atoms with E-state index in [2.05, 4.69) is 20.8 Å². The Morgan fingerprint density at radius 1 is 1.11 bits per heavy atom. The molecule has 0 saturated heterocycles. The van der Waals surface area contributed by atoms with Crippen LogP contribution in [0.1, 0.15) is 59.8 Å². The average molecular weight is 530 g/mol. The second-order valence-electron chi connectivity index (χ2n) is 7.81. The fourth-order valence-corrected chi connectivity index (χ4v) is 4.37. The van der Waals surface area contributed by atoms with Crippen LogP contribution in [0.15, 0.2) is 53.7 Å². The SMILES string of the molecule is CCCOC(=O)c1cccc(NC(=O)CSc2nnc([C@@H](C)NC(=O)c3ccccc3Cl)n2CC)c1. The summed E-state index contributed by atoms with van der Waals surface area (Å²) in [7, 11) is 0.